The van der Waals surface area contributed by atoms with Crippen molar-refractivity contribution in [2.75, 3.05) is 18.0 Å². The largest absolute Gasteiger partial charge is 0.550 e. The summed E-state index contributed by atoms with van der Waals surface area (Å²) in [6.45, 7) is 1.74. The van der Waals surface area contributed by atoms with Gasteiger partial charge in [0, 0.05) is 31.8 Å². The van der Waals surface area contributed by atoms with Crippen LogP contribution in [0, 0.1) is 0 Å². The summed E-state index contributed by atoms with van der Waals surface area (Å²) in [6, 6.07) is 13.7. The number of anilines is 1. The molecule has 1 aromatic carbocycles. The van der Waals surface area contributed by atoms with E-state index in [1.807, 2.05) is 18.2 Å². The molecule has 1 amide bonds. The molecule has 0 atom stereocenters. The van der Waals surface area contributed by atoms with Crippen molar-refractivity contribution in [3.63, 3.8) is 0 Å². The van der Waals surface area contributed by atoms with E-state index in [-0.39, 0.29) is 17.9 Å². The van der Waals surface area contributed by atoms with Crippen molar-refractivity contribution in [2.24, 2.45) is 0 Å². The molecule has 8 nitrogen and oxygen atoms in total. The number of hydrogen-bond donors (Lipinski definition) is 0. The molecule has 0 N–H and O–H groups in total. The number of carbonyl (C=O) groups excluding carboxylic acids is 2. The maximum atomic E-state index is 13.6. The maximum Gasteiger partial charge on any atom is 0.267 e. The average molecular weight is 534 g/mol. The minimum atomic E-state index is -1.07. The molecular formula is C27H25N4O4S2-. The first kappa shape index (κ1) is 25.2. The second-order valence-corrected chi connectivity index (χ2v) is 10.7. The first-order valence-electron chi connectivity index (χ1n) is 12.2. The molecule has 10 heteroatoms. The first-order chi connectivity index (χ1) is 17.9. The van der Waals surface area contributed by atoms with Gasteiger partial charge in [-0.25, -0.2) is 4.98 Å². The number of amides is 1. The number of pyridine rings is 1. The molecule has 5 rings (SSSR count). The van der Waals surface area contributed by atoms with Gasteiger partial charge in [0.05, 0.1) is 10.5 Å². The molecule has 3 aromatic rings. The number of thioether (sulfide) groups is 1. The maximum absolute atomic E-state index is 13.6. The van der Waals surface area contributed by atoms with E-state index < -0.39 is 5.97 Å². The number of hydrogen-bond acceptors (Lipinski definition) is 8. The van der Waals surface area contributed by atoms with E-state index in [2.05, 4.69) is 17.0 Å². The minimum absolute atomic E-state index is 0.000947. The van der Waals surface area contributed by atoms with E-state index in [1.54, 1.807) is 24.4 Å². The van der Waals surface area contributed by atoms with Gasteiger partial charge in [-0.2, -0.15) is 0 Å². The van der Waals surface area contributed by atoms with E-state index in [9.17, 15) is 19.5 Å². The third-order valence-electron chi connectivity index (χ3n) is 6.59. The number of fused-ring (bicyclic) bond motifs is 2. The number of aliphatic carboxylic acids is 1. The number of aromatic nitrogens is 2. The summed E-state index contributed by atoms with van der Waals surface area (Å²) in [5.41, 5.74) is 3.14. The normalized spacial score (nSPS) is 16.6. The number of unbranched alkanes of at least 4 members (excludes halogenated alkanes) is 2. The van der Waals surface area contributed by atoms with Gasteiger partial charge in [0.1, 0.15) is 15.8 Å². The molecule has 0 aliphatic carbocycles. The molecule has 2 aliphatic heterocycles. The Morgan fingerprint density at radius 1 is 1.08 bits per heavy atom. The molecule has 0 radical (unpaired) electrons. The van der Waals surface area contributed by atoms with Crippen LogP contribution in [-0.2, 0) is 22.6 Å². The lowest BCUT2D eigenvalue weighted by Gasteiger charge is -2.30. The van der Waals surface area contributed by atoms with Crippen molar-refractivity contribution in [2.45, 2.75) is 38.6 Å². The molecule has 2 aliphatic rings. The zero-order chi connectivity index (χ0) is 25.9. The van der Waals surface area contributed by atoms with E-state index >= 15 is 0 Å². The second-order valence-electron chi connectivity index (χ2n) is 9.04. The van der Waals surface area contributed by atoms with Gasteiger partial charge in [-0.05, 0) is 55.0 Å². The summed E-state index contributed by atoms with van der Waals surface area (Å²) in [5.74, 6) is -0.766. The minimum Gasteiger partial charge on any atom is -0.550 e. The predicted molar refractivity (Wildman–Crippen MR) is 146 cm³/mol. The van der Waals surface area contributed by atoms with Crippen LogP contribution in [-0.4, -0.2) is 43.6 Å². The molecule has 2 aromatic heterocycles. The van der Waals surface area contributed by atoms with Gasteiger partial charge < -0.3 is 14.8 Å². The fourth-order valence-corrected chi connectivity index (χ4v) is 5.97. The Balaban J connectivity index is 1.46. The van der Waals surface area contributed by atoms with Crippen LogP contribution in [0.25, 0.3) is 11.7 Å². The molecule has 37 heavy (non-hydrogen) atoms. The van der Waals surface area contributed by atoms with Crippen LogP contribution < -0.4 is 15.6 Å². The summed E-state index contributed by atoms with van der Waals surface area (Å²) in [7, 11) is 0. The Bertz CT molecular complexity index is 1480. The highest BCUT2D eigenvalue weighted by Crippen LogP contribution is 2.34. The standard InChI is InChI=1S/C27H26N4O4S2/c32-23(33)11-2-1-6-14-31-26(35)21(37-27(31)36)16-20-24(28-22-10-5-7-13-30(22)25(20)34)29-15-12-18-8-3-4-9-19(18)17-29/h3-5,7-10,13,16H,1-2,6,11-12,14-15,17H2,(H,32,33)/p-1/b21-16-. The van der Waals surface area contributed by atoms with Gasteiger partial charge >= 0.3 is 0 Å². The summed E-state index contributed by atoms with van der Waals surface area (Å²) >= 11 is 6.63. The van der Waals surface area contributed by atoms with Crippen molar-refractivity contribution in [3.8, 4) is 0 Å². The zero-order valence-electron chi connectivity index (χ0n) is 20.1. The fraction of sp³-hybridized carbons (Fsp3) is 0.296. The smallest absolute Gasteiger partial charge is 0.267 e. The van der Waals surface area contributed by atoms with Crippen LogP contribution in [0.2, 0.25) is 0 Å². The Kier molecular flexibility index (Phi) is 7.38. The molecular weight excluding hydrogens is 508 g/mol. The van der Waals surface area contributed by atoms with Gasteiger partial charge in [-0.3, -0.25) is 18.9 Å². The number of benzene rings is 1. The molecule has 4 heterocycles. The van der Waals surface area contributed by atoms with E-state index in [0.29, 0.717) is 65.2 Å². The van der Waals surface area contributed by atoms with Crippen molar-refractivity contribution in [1.82, 2.24) is 14.3 Å². The van der Waals surface area contributed by atoms with Gasteiger partial charge in [-0.1, -0.05) is 60.7 Å². The van der Waals surface area contributed by atoms with Crippen molar-refractivity contribution < 1.29 is 14.7 Å². The Labute approximate surface area is 223 Å². The topological polar surface area (TPSA) is 98.0 Å². The van der Waals surface area contributed by atoms with Gasteiger partial charge in [-0.15, -0.1) is 0 Å². The third kappa shape index (κ3) is 5.30. The summed E-state index contributed by atoms with van der Waals surface area (Å²) in [6.07, 6.45) is 5.92. The third-order valence-corrected chi connectivity index (χ3v) is 7.97. The Hall–Kier alpha value is -3.50. The number of nitrogens with zero attached hydrogens (tertiary/aromatic N) is 4. The molecule has 0 saturated carbocycles. The summed E-state index contributed by atoms with van der Waals surface area (Å²) in [5, 5.41) is 10.6. The number of rotatable bonds is 8. The van der Waals surface area contributed by atoms with Crippen molar-refractivity contribution >= 4 is 57.7 Å². The lowest BCUT2D eigenvalue weighted by molar-refractivity contribution is -0.305. The van der Waals surface area contributed by atoms with E-state index in [4.69, 9.17) is 17.2 Å². The van der Waals surface area contributed by atoms with Crippen LogP contribution in [0.3, 0.4) is 0 Å². The highest BCUT2D eigenvalue weighted by molar-refractivity contribution is 8.26. The van der Waals surface area contributed by atoms with Crippen LogP contribution >= 0.6 is 24.0 Å². The highest BCUT2D eigenvalue weighted by Gasteiger charge is 2.32. The molecule has 0 unspecified atom stereocenters. The Morgan fingerprint density at radius 3 is 2.68 bits per heavy atom. The van der Waals surface area contributed by atoms with Gasteiger partial charge in [0.15, 0.2) is 0 Å². The highest BCUT2D eigenvalue weighted by atomic mass is 32.2. The van der Waals surface area contributed by atoms with Gasteiger partial charge in [0.2, 0.25) is 0 Å². The quantitative estimate of drug-likeness (QED) is 0.248. The van der Waals surface area contributed by atoms with Crippen LogP contribution in [0.4, 0.5) is 5.82 Å². The summed E-state index contributed by atoms with van der Waals surface area (Å²) in [4.78, 5) is 46.3. The Morgan fingerprint density at radius 2 is 1.86 bits per heavy atom. The van der Waals surface area contributed by atoms with Crippen LogP contribution in [0.5, 0.6) is 0 Å². The first-order valence-corrected chi connectivity index (χ1v) is 13.4. The van der Waals surface area contributed by atoms with E-state index in [1.165, 1.54) is 32.2 Å². The number of carbonyl (C=O) groups is 2. The molecule has 0 spiro atoms. The molecule has 1 fully saturated rings. The fourth-order valence-electron chi connectivity index (χ4n) is 4.67. The lowest BCUT2D eigenvalue weighted by atomic mass is 9.99. The van der Waals surface area contributed by atoms with Crippen molar-refractivity contribution in [3.05, 3.63) is 80.6 Å². The zero-order valence-corrected chi connectivity index (χ0v) is 21.7. The number of carboxylic acid groups (broad SMARTS) is 1. The summed E-state index contributed by atoms with van der Waals surface area (Å²) < 4.78 is 1.92. The van der Waals surface area contributed by atoms with Gasteiger partial charge in [0.25, 0.3) is 11.5 Å². The predicted octanol–water partition coefficient (Wildman–Crippen LogP) is 2.77. The van der Waals surface area contributed by atoms with Crippen molar-refractivity contribution in [1.29, 1.82) is 0 Å². The number of thiocarbonyl (C=S) groups is 1. The molecule has 190 valence electrons. The van der Waals surface area contributed by atoms with Crippen LogP contribution in [0.1, 0.15) is 42.4 Å². The SMILES string of the molecule is O=C([O-])CCCCCN1C(=O)/C(=C/c2c(N3CCc4ccccc4C3)nc3ccccn3c2=O)SC1=S. The monoisotopic (exact) mass is 533 g/mol. The average Bonchev–Trinajstić information content (AvgIpc) is 3.16. The second kappa shape index (κ2) is 10.9. The molecule has 1 saturated heterocycles. The molecule has 0 bridgehead atoms. The number of carboxylic acids is 1. The lowest BCUT2D eigenvalue weighted by Crippen LogP contribution is -2.34. The van der Waals surface area contributed by atoms with Crippen LogP contribution in [0.15, 0.2) is 58.4 Å². The van der Waals surface area contributed by atoms with E-state index in [0.717, 1.165) is 6.42 Å².